The highest BCUT2D eigenvalue weighted by Gasteiger charge is 2.26. The lowest BCUT2D eigenvalue weighted by atomic mass is 9.99. The number of fused-ring (bicyclic) bond motifs is 1. The molecule has 1 aliphatic carbocycles. The van der Waals surface area contributed by atoms with Crippen LogP contribution in [0.3, 0.4) is 0 Å². The molecule has 1 fully saturated rings. The van der Waals surface area contributed by atoms with Crippen LogP contribution in [0.25, 0.3) is 0 Å². The molecule has 0 spiro atoms. The Bertz CT molecular complexity index is 445. The van der Waals surface area contributed by atoms with Crippen molar-refractivity contribution < 1.29 is 0 Å². The Morgan fingerprint density at radius 2 is 2.26 bits per heavy atom. The SMILES string of the molecule is CN(CC1CCCN1C)c1nc2c(s1)CCCC2N. The van der Waals surface area contributed by atoms with E-state index in [0.717, 1.165) is 30.2 Å². The Balaban J connectivity index is 1.71. The number of nitrogens with two attached hydrogens (primary N) is 1. The van der Waals surface area contributed by atoms with Gasteiger partial charge < -0.3 is 15.5 Å². The molecular weight excluding hydrogens is 256 g/mol. The van der Waals surface area contributed by atoms with E-state index >= 15 is 0 Å². The molecule has 3 rings (SSSR count). The summed E-state index contributed by atoms with van der Waals surface area (Å²) in [5, 5.41) is 1.16. The third-order valence-electron chi connectivity index (χ3n) is 4.47. The first-order valence-electron chi connectivity index (χ1n) is 7.31. The predicted octanol–water partition coefficient (Wildman–Crippen LogP) is 2.01. The van der Waals surface area contributed by atoms with Gasteiger partial charge in [0, 0.05) is 30.6 Å². The standard InChI is InChI=1S/C14H24N4S/c1-17-8-4-5-10(17)9-18(2)14-16-13-11(15)6-3-7-12(13)19-14/h10-11H,3-9,15H2,1-2H3. The van der Waals surface area contributed by atoms with Crippen molar-refractivity contribution in [3.05, 3.63) is 10.6 Å². The highest BCUT2D eigenvalue weighted by Crippen LogP contribution is 2.35. The van der Waals surface area contributed by atoms with Gasteiger partial charge in [-0.25, -0.2) is 4.98 Å². The molecule has 0 amide bonds. The predicted molar refractivity (Wildman–Crippen MR) is 80.9 cm³/mol. The Morgan fingerprint density at radius 3 is 2.95 bits per heavy atom. The fourth-order valence-electron chi connectivity index (χ4n) is 3.21. The summed E-state index contributed by atoms with van der Waals surface area (Å²) in [4.78, 5) is 11.0. The summed E-state index contributed by atoms with van der Waals surface area (Å²) in [6, 6.07) is 0.843. The molecule has 19 heavy (non-hydrogen) atoms. The normalized spacial score (nSPS) is 27.5. The zero-order chi connectivity index (χ0) is 13.4. The average molecular weight is 280 g/mol. The van der Waals surface area contributed by atoms with Gasteiger partial charge in [0.25, 0.3) is 0 Å². The van der Waals surface area contributed by atoms with E-state index in [-0.39, 0.29) is 6.04 Å². The van der Waals surface area contributed by atoms with Crippen LogP contribution in [-0.4, -0.2) is 43.1 Å². The van der Waals surface area contributed by atoms with E-state index in [1.165, 1.54) is 30.7 Å². The smallest absolute Gasteiger partial charge is 0.185 e. The van der Waals surface area contributed by atoms with Crippen LogP contribution in [0, 0.1) is 0 Å². The van der Waals surface area contributed by atoms with Gasteiger partial charge in [-0.2, -0.15) is 0 Å². The van der Waals surface area contributed by atoms with Crippen molar-refractivity contribution in [1.82, 2.24) is 9.88 Å². The lowest BCUT2D eigenvalue weighted by Crippen LogP contribution is -2.36. The van der Waals surface area contributed by atoms with Gasteiger partial charge in [-0.05, 0) is 45.7 Å². The van der Waals surface area contributed by atoms with Gasteiger partial charge in [-0.3, -0.25) is 0 Å². The maximum Gasteiger partial charge on any atom is 0.185 e. The highest BCUT2D eigenvalue weighted by molar-refractivity contribution is 7.15. The van der Waals surface area contributed by atoms with Crippen molar-refractivity contribution >= 4 is 16.5 Å². The second kappa shape index (κ2) is 5.38. The second-order valence-electron chi connectivity index (χ2n) is 5.96. The Hall–Kier alpha value is -0.650. The van der Waals surface area contributed by atoms with Gasteiger partial charge in [0.2, 0.25) is 0 Å². The maximum atomic E-state index is 6.16. The van der Waals surface area contributed by atoms with Gasteiger partial charge in [0.15, 0.2) is 5.13 Å². The highest BCUT2D eigenvalue weighted by atomic mass is 32.1. The molecule has 0 radical (unpaired) electrons. The topological polar surface area (TPSA) is 45.4 Å². The monoisotopic (exact) mass is 280 g/mol. The molecule has 1 aromatic heterocycles. The zero-order valence-electron chi connectivity index (χ0n) is 11.9. The van der Waals surface area contributed by atoms with Crippen molar-refractivity contribution in [2.24, 2.45) is 5.73 Å². The molecular formula is C14H24N4S. The molecule has 2 unspecified atom stereocenters. The van der Waals surface area contributed by atoms with E-state index in [2.05, 4.69) is 23.9 Å². The molecule has 1 saturated heterocycles. The number of rotatable bonds is 3. The average Bonchev–Trinajstić information content (AvgIpc) is 2.97. The van der Waals surface area contributed by atoms with Gasteiger partial charge in [0.05, 0.1) is 5.69 Å². The fourth-order valence-corrected chi connectivity index (χ4v) is 4.35. The number of thiazole rings is 1. The number of aromatic nitrogens is 1. The number of nitrogens with zero attached hydrogens (tertiary/aromatic N) is 3. The number of aryl methyl sites for hydroxylation is 1. The first-order valence-corrected chi connectivity index (χ1v) is 8.13. The first kappa shape index (κ1) is 13.3. The summed E-state index contributed by atoms with van der Waals surface area (Å²) in [6.45, 7) is 2.32. The number of anilines is 1. The van der Waals surface area contributed by atoms with E-state index in [9.17, 15) is 0 Å². The van der Waals surface area contributed by atoms with Crippen LogP contribution in [0.5, 0.6) is 0 Å². The van der Waals surface area contributed by atoms with E-state index < -0.39 is 0 Å². The summed E-state index contributed by atoms with van der Waals surface area (Å²) >= 11 is 1.85. The Kier molecular flexibility index (Phi) is 3.78. The minimum atomic E-state index is 0.163. The van der Waals surface area contributed by atoms with Gasteiger partial charge >= 0.3 is 0 Å². The maximum absolute atomic E-state index is 6.16. The fraction of sp³-hybridized carbons (Fsp3) is 0.786. The first-order chi connectivity index (χ1) is 9.15. The van der Waals surface area contributed by atoms with Crippen molar-refractivity contribution in [2.45, 2.75) is 44.2 Å². The lowest BCUT2D eigenvalue weighted by Gasteiger charge is -2.25. The molecule has 4 nitrogen and oxygen atoms in total. The minimum Gasteiger partial charge on any atom is -0.350 e. The third kappa shape index (κ3) is 2.64. The van der Waals surface area contributed by atoms with Crippen LogP contribution >= 0.6 is 11.3 Å². The van der Waals surface area contributed by atoms with Crippen molar-refractivity contribution in [3.8, 4) is 0 Å². The molecule has 2 N–H and O–H groups in total. The van der Waals surface area contributed by atoms with Gasteiger partial charge in [-0.15, -0.1) is 11.3 Å². The summed E-state index contributed by atoms with van der Waals surface area (Å²) in [6.07, 6.45) is 6.10. The molecule has 1 aromatic rings. The molecule has 2 atom stereocenters. The van der Waals surface area contributed by atoms with Crippen molar-refractivity contribution in [1.29, 1.82) is 0 Å². The molecule has 1 aliphatic heterocycles. The second-order valence-corrected chi connectivity index (χ2v) is 7.02. The van der Waals surface area contributed by atoms with E-state index in [4.69, 9.17) is 10.7 Å². The van der Waals surface area contributed by atoms with Crippen LogP contribution in [-0.2, 0) is 6.42 Å². The number of hydrogen-bond donors (Lipinski definition) is 1. The molecule has 0 aromatic carbocycles. The molecule has 0 bridgehead atoms. The number of likely N-dealkylation sites (N-methyl/N-ethyl adjacent to an activating group) is 2. The summed E-state index contributed by atoms with van der Waals surface area (Å²) in [5.41, 5.74) is 7.33. The van der Waals surface area contributed by atoms with Crippen molar-refractivity contribution in [3.63, 3.8) is 0 Å². The minimum absolute atomic E-state index is 0.163. The van der Waals surface area contributed by atoms with E-state index in [1.54, 1.807) is 0 Å². The quantitative estimate of drug-likeness (QED) is 0.920. The molecule has 2 heterocycles. The summed E-state index contributed by atoms with van der Waals surface area (Å²) in [5.74, 6) is 0. The zero-order valence-corrected chi connectivity index (χ0v) is 12.7. The lowest BCUT2D eigenvalue weighted by molar-refractivity contribution is 0.314. The van der Waals surface area contributed by atoms with Gasteiger partial charge in [0.1, 0.15) is 0 Å². The van der Waals surface area contributed by atoms with Crippen LogP contribution < -0.4 is 10.6 Å². The van der Waals surface area contributed by atoms with E-state index in [0.29, 0.717) is 6.04 Å². The molecule has 5 heteroatoms. The van der Waals surface area contributed by atoms with Crippen LogP contribution in [0.1, 0.15) is 42.3 Å². The molecule has 0 saturated carbocycles. The number of likely N-dealkylation sites (tertiary alicyclic amines) is 1. The Labute approximate surface area is 119 Å². The Morgan fingerprint density at radius 1 is 1.42 bits per heavy atom. The summed E-state index contributed by atoms with van der Waals surface area (Å²) in [7, 11) is 4.40. The molecule has 106 valence electrons. The number of hydrogen-bond acceptors (Lipinski definition) is 5. The summed E-state index contributed by atoms with van der Waals surface area (Å²) < 4.78 is 0. The van der Waals surface area contributed by atoms with Gasteiger partial charge in [-0.1, -0.05) is 0 Å². The van der Waals surface area contributed by atoms with Crippen LogP contribution in [0.4, 0.5) is 5.13 Å². The van der Waals surface area contributed by atoms with Crippen LogP contribution in [0.15, 0.2) is 0 Å². The van der Waals surface area contributed by atoms with Crippen molar-refractivity contribution in [2.75, 3.05) is 32.1 Å². The largest absolute Gasteiger partial charge is 0.350 e. The molecule has 2 aliphatic rings. The van der Waals surface area contributed by atoms with E-state index in [1.807, 2.05) is 11.3 Å². The third-order valence-corrected chi connectivity index (χ3v) is 5.71. The van der Waals surface area contributed by atoms with Crippen LogP contribution in [0.2, 0.25) is 0 Å².